The molecule has 2 aliphatic heterocycles. The number of carbonyl (C=O) groups excluding carboxylic acids is 9. The summed E-state index contributed by atoms with van der Waals surface area (Å²) in [6.45, 7) is 18.3. The Morgan fingerprint density at radius 3 is 1.39 bits per heavy atom. The summed E-state index contributed by atoms with van der Waals surface area (Å²) >= 11 is 0. The van der Waals surface area contributed by atoms with Gasteiger partial charge in [0, 0.05) is 49.9 Å². The minimum atomic E-state index is -3.92. The van der Waals surface area contributed by atoms with Crippen LogP contribution in [0, 0.1) is 34.5 Å². The third-order valence-corrected chi connectivity index (χ3v) is 23.3. The van der Waals surface area contributed by atoms with Crippen molar-refractivity contribution in [1.82, 2.24) is 45.8 Å². The van der Waals surface area contributed by atoms with Crippen LogP contribution in [0.15, 0.2) is 105 Å². The van der Waals surface area contributed by atoms with Crippen molar-refractivity contribution >= 4 is 101 Å². The van der Waals surface area contributed by atoms with E-state index in [2.05, 4.69) is 49.2 Å². The zero-order valence-electron chi connectivity index (χ0n) is 57.2. The molecule has 4 unspecified atom stereocenters. The van der Waals surface area contributed by atoms with E-state index in [1.807, 2.05) is 20.8 Å². The number of hydrogen-bond donors (Lipinski definition) is 9. The van der Waals surface area contributed by atoms with E-state index in [1.165, 1.54) is 34.1 Å². The molecule has 0 spiro atoms. The molecular weight excluding hydrogens is 1350 g/mol. The summed E-state index contributed by atoms with van der Waals surface area (Å²) < 4.78 is 64.7. The number of sulfonamides is 2. The number of nitrogens with one attached hydrogen (secondary N) is 7. The van der Waals surface area contributed by atoms with Crippen molar-refractivity contribution in [3.8, 4) is 0 Å². The lowest BCUT2D eigenvalue weighted by atomic mass is 9.85. The predicted molar refractivity (Wildman–Crippen MR) is 367 cm³/mol. The zero-order valence-corrected chi connectivity index (χ0v) is 58.8. The standard InChI is InChI=1S/C35H43N5O9S.C25H39N5O6S.C10H6O4/c1-5-20-16-35(20,33(46)39-50(47,48)22-12-13-22)38-31(44)25-15-21(36-30(43)24-18-49-26-9-7-6-8-23(26)28(24)42)17-40(25)32(45)29(34(2,3)4)37-27(41)14-19-10-11-19;1-5-15-12-25(15,23(34)29-37(35,36)17-8-9-17)28-21(32)18-11-16(26)13-30(18)22(33)20(24(2,3)4)27-19(31)10-14-6-7-14;11-9-6-3-1-2-4-8(6)14-5-7(9)10(12)13/h5-9,18-22,25,29H,1,10-17H2,2-4H3,(H,36,43)(H,37,41)(H,38,44)(H,39,46);5,14-18,20H,1,6-13,26H2,2-4H3,(H,27,31)(H,28,32)(H,29,34);1-5H,(H,12,13)/t20?,21-,25+,29-,35?;15?,16-,18+,20-,25?;/m11./s1. The molecule has 6 saturated carbocycles. The molecule has 4 heterocycles. The highest BCUT2D eigenvalue weighted by atomic mass is 32.2. The maximum atomic E-state index is 14.3. The molecule has 8 aliphatic rings. The average molecular weight is 1440 g/mol. The maximum absolute atomic E-state index is 14.3. The van der Waals surface area contributed by atoms with Crippen LogP contribution >= 0.6 is 0 Å². The van der Waals surface area contributed by atoms with Gasteiger partial charge in [-0.15, -0.1) is 13.2 Å². The number of aromatic carboxylic acids is 1. The molecule has 4 aromatic rings. The van der Waals surface area contributed by atoms with E-state index in [0.717, 1.165) is 38.2 Å². The van der Waals surface area contributed by atoms with Gasteiger partial charge in [0.1, 0.15) is 70.1 Å². The molecule has 0 radical (unpaired) electrons. The van der Waals surface area contributed by atoms with Crippen LogP contribution in [0.3, 0.4) is 0 Å². The van der Waals surface area contributed by atoms with Crippen molar-refractivity contribution < 1.29 is 78.7 Å². The molecule has 2 aromatic heterocycles. The Morgan fingerprint density at radius 2 is 1.00 bits per heavy atom. The topological polar surface area (TPSA) is 436 Å². The molecule has 2 aromatic carbocycles. The van der Waals surface area contributed by atoms with E-state index in [1.54, 1.807) is 57.2 Å². The lowest BCUT2D eigenvalue weighted by Gasteiger charge is -2.35. The average Bonchev–Trinajstić information content (AvgIpc) is 1.58. The summed E-state index contributed by atoms with van der Waals surface area (Å²) in [5, 5.41) is 21.8. The Labute approximate surface area is 583 Å². The van der Waals surface area contributed by atoms with Crippen LogP contribution in [0.2, 0.25) is 0 Å². The first-order valence-corrected chi connectivity index (χ1v) is 37.0. The van der Waals surface area contributed by atoms with Crippen LogP contribution < -0.4 is 52.6 Å². The lowest BCUT2D eigenvalue weighted by molar-refractivity contribution is -0.144. The van der Waals surface area contributed by atoms with Crippen LogP contribution in [0.1, 0.15) is 152 Å². The molecule has 10 atom stereocenters. The van der Waals surface area contributed by atoms with E-state index in [0.29, 0.717) is 49.2 Å². The largest absolute Gasteiger partial charge is 0.477 e. The van der Waals surface area contributed by atoms with Crippen molar-refractivity contribution in [2.24, 2.45) is 40.2 Å². The van der Waals surface area contributed by atoms with E-state index >= 15 is 0 Å². The number of nitrogens with zero attached hydrogens (tertiary/aromatic N) is 2. The fourth-order valence-corrected chi connectivity index (χ4v) is 15.5. The SMILES string of the molecule is C=CC1CC1(NC(=O)[C@@H]1C[C@@H](N)CN1C(=O)[C@@H](NC(=O)CC1CC1)C(C)(C)C)C(=O)NS(=O)(=O)C1CC1.C=CC1CC1(NC(=O)[C@@H]1C[C@@H](NC(=O)c2coc3ccccc3c2=O)CN1C(=O)[C@@H](NC(=O)CC1CC1)C(C)(C)C)C(=O)NS(=O)(=O)C1CC1.O=C(O)c1coc2ccccc2c1=O. The molecule has 12 rings (SSSR count). The Balaban J connectivity index is 0.000000188. The normalized spacial score (nSPS) is 25.1. The highest BCUT2D eigenvalue weighted by Crippen LogP contribution is 2.47. The Bertz CT molecular complexity index is 4390. The number of benzene rings is 2. The zero-order chi connectivity index (χ0) is 73.6. The third kappa shape index (κ3) is 17.1. The van der Waals surface area contributed by atoms with Gasteiger partial charge >= 0.3 is 5.97 Å². The van der Waals surface area contributed by atoms with Crippen LogP contribution in [0.4, 0.5) is 0 Å². The second kappa shape index (κ2) is 28.7. The van der Waals surface area contributed by atoms with Crippen molar-refractivity contribution in [2.75, 3.05) is 13.1 Å². The molecular formula is C70H88N10O19S2. The van der Waals surface area contributed by atoms with Gasteiger partial charge in [-0.2, -0.15) is 0 Å². The van der Waals surface area contributed by atoms with Crippen LogP contribution in [0.5, 0.6) is 0 Å². The van der Waals surface area contributed by atoms with Crippen molar-refractivity contribution in [3.63, 3.8) is 0 Å². The quantitative estimate of drug-likeness (QED) is 0.0482. The van der Waals surface area contributed by atoms with Crippen molar-refractivity contribution in [1.29, 1.82) is 0 Å². The first-order chi connectivity index (χ1) is 47.4. The summed E-state index contributed by atoms with van der Waals surface area (Å²) in [7, 11) is -7.72. The van der Waals surface area contributed by atoms with Gasteiger partial charge in [-0.3, -0.25) is 62.2 Å². The Morgan fingerprint density at radius 1 is 0.604 bits per heavy atom. The van der Waals surface area contributed by atoms with Gasteiger partial charge in [0.2, 0.25) is 66.3 Å². The molecule has 31 heteroatoms. The molecule has 101 heavy (non-hydrogen) atoms. The van der Waals surface area contributed by atoms with Gasteiger partial charge in [0.25, 0.3) is 17.7 Å². The minimum Gasteiger partial charge on any atom is -0.477 e. The number of carboxylic acids is 1. The smallest absolute Gasteiger partial charge is 0.342 e. The van der Waals surface area contributed by atoms with Crippen LogP contribution in [-0.2, 0) is 58.4 Å². The minimum absolute atomic E-state index is 0.0913. The second-order valence-electron chi connectivity index (χ2n) is 30.1. The number of carboxylic acid groups (broad SMARTS) is 1. The van der Waals surface area contributed by atoms with E-state index < -0.39 is 159 Å². The fraction of sp³-hybridized carbons (Fsp3) is 0.543. The number of likely N-dealkylation sites (tertiary alicyclic amines) is 2. The number of rotatable bonds is 23. The summed E-state index contributed by atoms with van der Waals surface area (Å²) in [5.41, 5.74) is 0.767. The lowest BCUT2D eigenvalue weighted by Crippen LogP contribution is -2.60. The van der Waals surface area contributed by atoms with Crippen LogP contribution in [0.25, 0.3) is 21.9 Å². The first kappa shape index (κ1) is 74.6. The summed E-state index contributed by atoms with van der Waals surface area (Å²) in [6.07, 6.45) is 11.8. The van der Waals surface area contributed by atoms with Crippen molar-refractivity contribution in [2.45, 2.75) is 189 Å². The van der Waals surface area contributed by atoms with Crippen molar-refractivity contribution in [3.05, 3.63) is 118 Å². The summed E-state index contributed by atoms with van der Waals surface area (Å²) in [6, 6.07) is 7.65. The number of fused-ring (bicyclic) bond motifs is 2. The molecule has 6 aliphatic carbocycles. The van der Waals surface area contributed by atoms with Crippen LogP contribution in [-0.4, -0.2) is 162 Å². The monoisotopic (exact) mass is 1440 g/mol. The summed E-state index contributed by atoms with van der Waals surface area (Å²) in [5.74, 6) is -6.84. The second-order valence-corrected chi connectivity index (χ2v) is 34.0. The first-order valence-electron chi connectivity index (χ1n) is 33.9. The number of carbonyl (C=O) groups is 10. The predicted octanol–water partition coefficient (Wildman–Crippen LogP) is 2.90. The van der Waals surface area contributed by atoms with Gasteiger partial charge in [-0.05, 0) is 124 Å². The maximum Gasteiger partial charge on any atom is 0.342 e. The Hall–Kier alpha value is -9.10. The van der Waals surface area contributed by atoms with Gasteiger partial charge in [-0.25, -0.2) is 21.6 Å². The highest BCUT2D eigenvalue weighted by Gasteiger charge is 2.63. The Kier molecular flexibility index (Phi) is 21.2. The highest BCUT2D eigenvalue weighted by molar-refractivity contribution is 7.91. The summed E-state index contributed by atoms with van der Waals surface area (Å²) in [4.78, 5) is 159. The number of amides is 9. The molecule has 0 bridgehead atoms. The third-order valence-electron chi connectivity index (χ3n) is 19.7. The molecule has 10 N–H and O–H groups in total. The molecule has 544 valence electrons. The van der Waals surface area contributed by atoms with E-state index in [4.69, 9.17) is 19.7 Å². The van der Waals surface area contributed by atoms with E-state index in [9.17, 15) is 74.4 Å². The number of nitrogens with two attached hydrogens (primary N) is 1. The molecule has 8 fully saturated rings. The number of hydrogen-bond acceptors (Lipinski definition) is 19. The van der Waals surface area contributed by atoms with Gasteiger partial charge < -0.3 is 56.1 Å². The van der Waals surface area contributed by atoms with E-state index in [-0.39, 0.29) is 84.8 Å². The molecule has 9 amide bonds. The number of para-hydroxylation sites is 2. The fourth-order valence-electron chi connectivity index (χ4n) is 12.8. The van der Waals surface area contributed by atoms with Gasteiger partial charge in [-0.1, -0.05) is 78.0 Å². The molecule has 29 nitrogen and oxygen atoms in total. The van der Waals surface area contributed by atoms with Gasteiger partial charge in [0.15, 0.2) is 0 Å². The van der Waals surface area contributed by atoms with Gasteiger partial charge in [0.05, 0.1) is 21.3 Å². The molecule has 2 saturated heterocycles.